The van der Waals surface area contributed by atoms with E-state index in [9.17, 15) is 0 Å². The Balaban J connectivity index is 1.10. The number of piperidine rings is 1. The number of aromatic nitrogens is 6. The zero-order valence-corrected chi connectivity index (χ0v) is 23.0. The zero-order valence-electron chi connectivity index (χ0n) is 23.0. The predicted octanol–water partition coefficient (Wildman–Crippen LogP) is 3.92. The highest BCUT2D eigenvalue weighted by Crippen LogP contribution is 2.32. The van der Waals surface area contributed by atoms with Crippen molar-refractivity contribution in [1.82, 2.24) is 34.4 Å². The molecule has 11 nitrogen and oxygen atoms in total. The lowest BCUT2D eigenvalue weighted by Crippen LogP contribution is -2.38. The van der Waals surface area contributed by atoms with Gasteiger partial charge in [0.15, 0.2) is 11.5 Å². The van der Waals surface area contributed by atoms with Gasteiger partial charge in [-0.1, -0.05) is 12.1 Å². The third kappa shape index (κ3) is 5.13. The standard InChI is InChI=1S/C31H30N10O/c32-16-28-34-13-9-27(39-28)36-22-10-14-40(15-11-22)17-20-3-5-23(6-4-20)41-30(24-2-1-12-35-29(24)33)38-26-8-7-25(37-31(26)41)21-18-42-19-21/h1-9,12-13,21-22H,10-11,14-15,17-19H2,(H2,33,35)(H,34,36,39). The Hall–Kier alpha value is -4.92. The second kappa shape index (κ2) is 11.2. The van der Waals surface area contributed by atoms with Crippen molar-refractivity contribution in [3.8, 4) is 23.1 Å². The Morgan fingerprint density at radius 3 is 2.52 bits per heavy atom. The number of fused-ring (bicyclic) bond motifs is 1. The van der Waals surface area contributed by atoms with Crippen molar-refractivity contribution in [3.63, 3.8) is 0 Å². The second-order valence-electron chi connectivity index (χ2n) is 10.8. The molecule has 210 valence electrons. The van der Waals surface area contributed by atoms with Gasteiger partial charge in [-0.2, -0.15) is 5.26 Å². The molecule has 4 aromatic heterocycles. The maximum Gasteiger partial charge on any atom is 0.234 e. The van der Waals surface area contributed by atoms with Crippen LogP contribution in [0, 0.1) is 11.3 Å². The van der Waals surface area contributed by atoms with Gasteiger partial charge in [-0.05, 0) is 60.9 Å². The van der Waals surface area contributed by atoms with E-state index in [0.717, 1.165) is 66.4 Å². The minimum absolute atomic E-state index is 0.185. The van der Waals surface area contributed by atoms with E-state index in [0.29, 0.717) is 36.8 Å². The fourth-order valence-corrected chi connectivity index (χ4v) is 5.58. The molecule has 3 N–H and O–H groups in total. The summed E-state index contributed by atoms with van der Waals surface area (Å²) in [7, 11) is 0. The van der Waals surface area contributed by atoms with Gasteiger partial charge in [-0.3, -0.25) is 9.47 Å². The summed E-state index contributed by atoms with van der Waals surface area (Å²) >= 11 is 0. The van der Waals surface area contributed by atoms with E-state index in [-0.39, 0.29) is 5.82 Å². The normalized spacial score (nSPS) is 16.3. The number of nitrogens with one attached hydrogen (secondary N) is 1. The van der Waals surface area contributed by atoms with Gasteiger partial charge in [0.05, 0.1) is 24.5 Å². The summed E-state index contributed by atoms with van der Waals surface area (Å²) in [6, 6.07) is 20.6. The number of nitrogen functional groups attached to an aromatic ring is 1. The second-order valence-corrected chi connectivity index (χ2v) is 10.8. The topological polar surface area (TPSA) is 144 Å². The maximum atomic E-state index is 9.05. The number of anilines is 2. The Bertz CT molecular complexity index is 1770. The van der Waals surface area contributed by atoms with Crippen molar-refractivity contribution in [2.45, 2.75) is 31.3 Å². The quantitative estimate of drug-likeness (QED) is 0.302. The number of likely N-dealkylation sites (tertiary alicyclic amines) is 1. The molecule has 0 unspecified atom stereocenters. The Morgan fingerprint density at radius 1 is 0.952 bits per heavy atom. The molecule has 42 heavy (non-hydrogen) atoms. The number of imidazole rings is 1. The first-order valence-electron chi connectivity index (χ1n) is 14.1. The summed E-state index contributed by atoms with van der Waals surface area (Å²) in [5.74, 6) is 2.35. The van der Waals surface area contributed by atoms with Crippen LogP contribution in [0.5, 0.6) is 0 Å². The van der Waals surface area contributed by atoms with Gasteiger partial charge in [0.2, 0.25) is 5.82 Å². The number of nitrogens with zero attached hydrogens (tertiary/aromatic N) is 8. The molecule has 0 aliphatic carbocycles. The molecule has 6 heterocycles. The number of rotatable bonds is 7. The van der Waals surface area contributed by atoms with Crippen molar-refractivity contribution in [2.24, 2.45) is 0 Å². The van der Waals surface area contributed by atoms with Gasteiger partial charge >= 0.3 is 0 Å². The van der Waals surface area contributed by atoms with Crippen LogP contribution in [0.4, 0.5) is 11.6 Å². The molecule has 5 aromatic rings. The van der Waals surface area contributed by atoms with Gasteiger partial charge < -0.3 is 15.8 Å². The Labute approximate surface area is 243 Å². The smallest absolute Gasteiger partial charge is 0.234 e. The van der Waals surface area contributed by atoms with Gasteiger partial charge in [0.25, 0.3) is 0 Å². The highest BCUT2D eigenvalue weighted by Gasteiger charge is 2.25. The number of hydrogen-bond donors (Lipinski definition) is 2. The van der Waals surface area contributed by atoms with E-state index in [2.05, 4.69) is 54.0 Å². The number of nitrogens with two attached hydrogens (primary N) is 1. The van der Waals surface area contributed by atoms with Crippen LogP contribution in [0.3, 0.4) is 0 Å². The molecular weight excluding hydrogens is 528 g/mol. The minimum Gasteiger partial charge on any atom is -0.383 e. The van der Waals surface area contributed by atoms with Crippen molar-refractivity contribution in [2.75, 3.05) is 37.4 Å². The van der Waals surface area contributed by atoms with E-state index < -0.39 is 0 Å². The lowest BCUT2D eigenvalue weighted by atomic mass is 10.0. The highest BCUT2D eigenvalue weighted by atomic mass is 16.5. The molecule has 2 fully saturated rings. The van der Waals surface area contributed by atoms with Gasteiger partial charge in [0.1, 0.15) is 23.2 Å². The summed E-state index contributed by atoms with van der Waals surface area (Å²) in [5.41, 5.74) is 11.9. The van der Waals surface area contributed by atoms with Crippen LogP contribution in [-0.2, 0) is 11.3 Å². The first-order valence-corrected chi connectivity index (χ1v) is 14.1. The Morgan fingerprint density at radius 2 is 1.79 bits per heavy atom. The SMILES string of the molecule is N#Cc1nccc(NC2CCN(Cc3ccc(-n4c(-c5cccnc5N)nc5ccc(C6COC6)nc54)cc3)CC2)n1. The number of hydrogen-bond acceptors (Lipinski definition) is 10. The molecule has 2 aliphatic rings. The van der Waals surface area contributed by atoms with Gasteiger partial charge in [-0.15, -0.1) is 0 Å². The summed E-state index contributed by atoms with van der Waals surface area (Å²) in [5, 5.41) is 12.5. The number of pyridine rings is 2. The van der Waals surface area contributed by atoms with Crippen LogP contribution in [0.1, 0.15) is 35.8 Å². The molecule has 2 saturated heterocycles. The first kappa shape index (κ1) is 26.0. The maximum absolute atomic E-state index is 9.05. The van der Waals surface area contributed by atoms with Crippen LogP contribution < -0.4 is 11.1 Å². The van der Waals surface area contributed by atoms with Crippen LogP contribution in [-0.4, -0.2) is 66.7 Å². The van der Waals surface area contributed by atoms with E-state index >= 15 is 0 Å². The third-order valence-corrected chi connectivity index (χ3v) is 7.96. The molecule has 0 amide bonds. The fraction of sp³-hybridized carbons (Fsp3) is 0.290. The van der Waals surface area contributed by atoms with E-state index in [4.69, 9.17) is 25.7 Å². The molecule has 0 saturated carbocycles. The number of ether oxygens (including phenoxy) is 1. The summed E-state index contributed by atoms with van der Waals surface area (Å²) in [6.45, 7) is 4.21. The molecule has 7 rings (SSSR count). The molecule has 2 aliphatic heterocycles. The monoisotopic (exact) mass is 558 g/mol. The summed E-state index contributed by atoms with van der Waals surface area (Å²) in [4.78, 5) is 24.9. The first-order chi connectivity index (χ1) is 20.6. The lowest BCUT2D eigenvalue weighted by molar-refractivity contribution is 0.00682. The van der Waals surface area contributed by atoms with Crippen molar-refractivity contribution >= 4 is 22.8 Å². The number of nitriles is 1. The number of benzene rings is 1. The molecule has 0 radical (unpaired) electrons. The van der Waals surface area contributed by atoms with Crippen molar-refractivity contribution in [3.05, 3.63) is 84.1 Å². The average Bonchev–Trinajstić information content (AvgIpc) is 3.37. The van der Waals surface area contributed by atoms with Crippen LogP contribution >= 0.6 is 0 Å². The van der Waals surface area contributed by atoms with E-state index in [1.54, 1.807) is 12.4 Å². The lowest BCUT2D eigenvalue weighted by Gasteiger charge is -2.32. The zero-order chi connectivity index (χ0) is 28.5. The Kier molecular flexibility index (Phi) is 6.91. The van der Waals surface area contributed by atoms with E-state index in [1.165, 1.54) is 5.56 Å². The van der Waals surface area contributed by atoms with Crippen molar-refractivity contribution < 1.29 is 4.74 Å². The molecule has 0 atom stereocenters. The fourth-order valence-electron chi connectivity index (χ4n) is 5.58. The molecule has 11 heteroatoms. The predicted molar refractivity (Wildman–Crippen MR) is 159 cm³/mol. The molecule has 0 bridgehead atoms. The molecular formula is C31H30N10O. The van der Waals surface area contributed by atoms with Gasteiger partial charge in [0, 0.05) is 49.7 Å². The molecule has 1 aromatic carbocycles. The van der Waals surface area contributed by atoms with E-state index in [1.807, 2.05) is 36.4 Å². The van der Waals surface area contributed by atoms with Crippen LogP contribution in [0.25, 0.3) is 28.2 Å². The van der Waals surface area contributed by atoms with Crippen LogP contribution in [0.2, 0.25) is 0 Å². The van der Waals surface area contributed by atoms with Crippen LogP contribution in [0.15, 0.2) is 67.0 Å². The van der Waals surface area contributed by atoms with Crippen molar-refractivity contribution in [1.29, 1.82) is 5.26 Å². The third-order valence-electron chi connectivity index (χ3n) is 7.96. The average molecular weight is 559 g/mol. The largest absolute Gasteiger partial charge is 0.383 e. The highest BCUT2D eigenvalue weighted by molar-refractivity contribution is 5.83. The molecule has 0 spiro atoms. The summed E-state index contributed by atoms with van der Waals surface area (Å²) < 4.78 is 7.49. The van der Waals surface area contributed by atoms with Gasteiger partial charge in [-0.25, -0.2) is 24.9 Å². The summed E-state index contributed by atoms with van der Waals surface area (Å²) in [6.07, 6.45) is 5.31. The minimum atomic E-state index is 0.185.